The lowest BCUT2D eigenvalue weighted by Gasteiger charge is -2.27. The van der Waals surface area contributed by atoms with Crippen LogP contribution in [0.25, 0.3) is 0 Å². The summed E-state index contributed by atoms with van der Waals surface area (Å²) in [6.07, 6.45) is 1.69. The predicted molar refractivity (Wildman–Crippen MR) is 75.8 cm³/mol. The Morgan fingerprint density at radius 2 is 2.25 bits per heavy atom. The van der Waals surface area contributed by atoms with Crippen molar-refractivity contribution in [3.05, 3.63) is 40.9 Å². The maximum Gasteiger partial charge on any atom is 0.256 e. The Hall–Kier alpha value is -2.08. The summed E-state index contributed by atoms with van der Waals surface area (Å²) in [6, 6.07) is 5.26. The van der Waals surface area contributed by atoms with Crippen molar-refractivity contribution in [1.82, 2.24) is 19.7 Å². The second-order valence-electron chi connectivity index (χ2n) is 4.61. The van der Waals surface area contributed by atoms with Crippen LogP contribution in [0.4, 0.5) is 5.69 Å². The van der Waals surface area contributed by atoms with Gasteiger partial charge >= 0.3 is 0 Å². The third-order valence-corrected chi connectivity index (χ3v) is 3.64. The fourth-order valence-electron chi connectivity index (χ4n) is 2.32. The molecule has 1 aromatic carbocycles. The van der Waals surface area contributed by atoms with E-state index in [1.54, 1.807) is 30.4 Å². The van der Waals surface area contributed by atoms with Crippen LogP contribution in [0.1, 0.15) is 16.2 Å². The molecular formula is C13H14ClN5O. The molecule has 0 saturated carbocycles. The van der Waals surface area contributed by atoms with Gasteiger partial charge in [0.1, 0.15) is 6.33 Å². The molecule has 0 atom stereocenters. The fourth-order valence-corrected chi connectivity index (χ4v) is 2.49. The number of carbonyl (C=O) groups is 1. The van der Waals surface area contributed by atoms with Crippen LogP contribution in [0.3, 0.4) is 0 Å². The zero-order valence-corrected chi connectivity index (χ0v) is 11.8. The van der Waals surface area contributed by atoms with Gasteiger partial charge in [-0.05, 0) is 18.2 Å². The first-order valence-electron chi connectivity index (χ1n) is 6.32. The van der Waals surface area contributed by atoms with E-state index in [0.29, 0.717) is 30.2 Å². The lowest BCUT2D eigenvalue weighted by molar-refractivity contribution is 0.0708. The van der Waals surface area contributed by atoms with Crippen LogP contribution in [0.2, 0.25) is 5.02 Å². The molecule has 104 valence electrons. The molecule has 6 nitrogen and oxygen atoms in total. The Balaban J connectivity index is 1.88. The van der Waals surface area contributed by atoms with Gasteiger partial charge < -0.3 is 14.8 Å². The molecule has 0 aliphatic carbocycles. The first kappa shape index (κ1) is 12.9. The van der Waals surface area contributed by atoms with E-state index >= 15 is 0 Å². The van der Waals surface area contributed by atoms with Gasteiger partial charge in [0.15, 0.2) is 5.82 Å². The van der Waals surface area contributed by atoms with Crippen LogP contribution < -0.4 is 5.32 Å². The van der Waals surface area contributed by atoms with Gasteiger partial charge in [-0.25, -0.2) is 0 Å². The molecule has 1 amide bonds. The first-order valence-corrected chi connectivity index (χ1v) is 6.70. The van der Waals surface area contributed by atoms with E-state index in [4.69, 9.17) is 11.6 Å². The average Bonchev–Trinajstić information content (AvgIpc) is 2.93. The minimum atomic E-state index is -0.0499. The van der Waals surface area contributed by atoms with Gasteiger partial charge in [0.25, 0.3) is 5.91 Å². The summed E-state index contributed by atoms with van der Waals surface area (Å²) < 4.78 is 1.96. The number of rotatable bonds is 2. The highest BCUT2D eigenvalue weighted by atomic mass is 35.5. The molecule has 3 rings (SSSR count). The summed E-state index contributed by atoms with van der Waals surface area (Å²) in [5, 5.41) is 11.4. The molecule has 2 aromatic rings. The highest BCUT2D eigenvalue weighted by molar-refractivity contribution is 6.31. The summed E-state index contributed by atoms with van der Waals surface area (Å²) in [4.78, 5) is 14.4. The Morgan fingerprint density at radius 3 is 3.05 bits per heavy atom. The minimum Gasteiger partial charge on any atom is -0.387 e. The molecule has 20 heavy (non-hydrogen) atoms. The molecule has 7 heteroatoms. The number of anilines is 1. The largest absolute Gasteiger partial charge is 0.387 e. The molecule has 1 aliphatic rings. The van der Waals surface area contributed by atoms with Gasteiger partial charge in [0.05, 0.1) is 12.1 Å². The van der Waals surface area contributed by atoms with Crippen molar-refractivity contribution in [2.75, 3.05) is 18.9 Å². The third-order valence-electron chi connectivity index (χ3n) is 3.41. The topological polar surface area (TPSA) is 63.1 Å². The van der Waals surface area contributed by atoms with E-state index in [-0.39, 0.29) is 5.91 Å². The number of carbonyl (C=O) groups excluding carboxylic acids is 1. The van der Waals surface area contributed by atoms with E-state index in [1.165, 1.54) is 0 Å². The Labute approximate surface area is 121 Å². The van der Waals surface area contributed by atoms with Crippen molar-refractivity contribution in [2.24, 2.45) is 0 Å². The number of benzene rings is 1. The van der Waals surface area contributed by atoms with Gasteiger partial charge in [-0.15, -0.1) is 10.2 Å². The van der Waals surface area contributed by atoms with E-state index in [0.717, 1.165) is 11.5 Å². The zero-order valence-electron chi connectivity index (χ0n) is 11.0. The smallest absolute Gasteiger partial charge is 0.256 e. The van der Waals surface area contributed by atoms with Crippen LogP contribution in [-0.4, -0.2) is 39.2 Å². The van der Waals surface area contributed by atoms with Gasteiger partial charge in [-0.3, -0.25) is 4.79 Å². The van der Waals surface area contributed by atoms with Gasteiger partial charge in [0.2, 0.25) is 0 Å². The normalized spacial score (nSPS) is 14.0. The zero-order chi connectivity index (χ0) is 14.1. The Morgan fingerprint density at radius 1 is 1.40 bits per heavy atom. The van der Waals surface area contributed by atoms with Crippen LogP contribution in [0, 0.1) is 0 Å². The predicted octanol–water partition coefficient (Wildman–Crippen LogP) is 1.63. The maximum absolute atomic E-state index is 12.6. The second kappa shape index (κ2) is 5.13. The molecule has 0 saturated heterocycles. The quantitative estimate of drug-likeness (QED) is 0.913. The second-order valence-corrected chi connectivity index (χ2v) is 5.04. The molecule has 0 spiro atoms. The Kier molecular flexibility index (Phi) is 3.31. The molecule has 0 radical (unpaired) electrons. The van der Waals surface area contributed by atoms with E-state index in [1.807, 2.05) is 10.6 Å². The van der Waals surface area contributed by atoms with E-state index in [2.05, 4.69) is 15.5 Å². The van der Waals surface area contributed by atoms with E-state index in [9.17, 15) is 4.79 Å². The monoisotopic (exact) mass is 291 g/mol. The number of fused-ring (bicyclic) bond motifs is 1. The minimum absolute atomic E-state index is 0.0499. The van der Waals surface area contributed by atoms with Crippen molar-refractivity contribution >= 4 is 23.2 Å². The molecule has 0 bridgehead atoms. The number of hydrogen-bond donors (Lipinski definition) is 1. The molecule has 2 heterocycles. The highest BCUT2D eigenvalue weighted by Gasteiger charge is 2.24. The molecular weight excluding hydrogens is 278 g/mol. The Bertz CT molecular complexity index is 654. The lowest BCUT2D eigenvalue weighted by atomic mass is 10.1. The van der Waals surface area contributed by atoms with Crippen LogP contribution >= 0.6 is 11.6 Å². The van der Waals surface area contributed by atoms with Crippen molar-refractivity contribution in [3.63, 3.8) is 0 Å². The van der Waals surface area contributed by atoms with E-state index < -0.39 is 0 Å². The summed E-state index contributed by atoms with van der Waals surface area (Å²) in [5.41, 5.74) is 1.35. The first-order chi connectivity index (χ1) is 9.69. The molecule has 0 unspecified atom stereocenters. The summed E-state index contributed by atoms with van der Waals surface area (Å²) >= 11 is 6.00. The SMILES string of the molecule is CNc1ccc(Cl)cc1C(=O)N1CCn2cnnc2C1. The number of aromatic nitrogens is 3. The number of hydrogen-bond acceptors (Lipinski definition) is 4. The van der Waals surface area contributed by atoms with Crippen molar-refractivity contribution in [2.45, 2.75) is 13.1 Å². The van der Waals surface area contributed by atoms with Crippen molar-refractivity contribution in [3.8, 4) is 0 Å². The standard InChI is InChI=1S/C13H14ClN5O/c1-15-11-3-2-9(14)6-10(11)13(20)18-4-5-19-8-16-17-12(19)7-18/h2-3,6,8,15H,4-5,7H2,1H3. The van der Waals surface area contributed by atoms with Gasteiger partial charge in [-0.1, -0.05) is 11.6 Å². The molecule has 1 aromatic heterocycles. The van der Waals surface area contributed by atoms with Crippen LogP contribution in [-0.2, 0) is 13.1 Å². The fraction of sp³-hybridized carbons (Fsp3) is 0.308. The summed E-state index contributed by atoms with van der Waals surface area (Å²) in [6.45, 7) is 1.82. The van der Waals surface area contributed by atoms with Crippen LogP contribution in [0.5, 0.6) is 0 Å². The van der Waals surface area contributed by atoms with Crippen molar-refractivity contribution in [1.29, 1.82) is 0 Å². The molecule has 1 N–H and O–H groups in total. The molecule has 1 aliphatic heterocycles. The maximum atomic E-state index is 12.6. The van der Waals surface area contributed by atoms with Crippen LogP contribution in [0.15, 0.2) is 24.5 Å². The number of nitrogens with zero attached hydrogens (tertiary/aromatic N) is 4. The van der Waals surface area contributed by atoms with Crippen molar-refractivity contribution < 1.29 is 4.79 Å². The average molecular weight is 292 g/mol. The lowest BCUT2D eigenvalue weighted by Crippen LogP contribution is -2.38. The molecule has 0 fully saturated rings. The number of halogens is 1. The van der Waals surface area contributed by atoms with Gasteiger partial charge in [-0.2, -0.15) is 0 Å². The van der Waals surface area contributed by atoms with Gasteiger partial charge in [0, 0.05) is 30.8 Å². The summed E-state index contributed by atoms with van der Waals surface area (Å²) in [7, 11) is 1.78. The number of nitrogens with one attached hydrogen (secondary N) is 1. The number of amides is 1. The summed E-state index contributed by atoms with van der Waals surface area (Å²) in [5.74, 6) is 0.753. The third kappa shape index (κ3) is 2.22. The highest BCUT2D eigenvalue weighted by Crippen LogP contribution is 2.23.